The van der Waals surface area contributed by atoms with Crippen LogP contribution in [0.25, 0.3) is 0 Å². The monoisotopic (exact) mass is 347 g/mol. The summed E-state index contributed by atoms with van der Waals surface area (Å²) in [5.74, 6) is -1.43. The second-order valence-electron chi connectivity index (χ2n) is 4.48. The predicted molar refractivity (Wildman–Crippen MR) is 79.5 cm³/mol. The van der Waals surface area contributed by atoms with Crippen molar-refractivity contribution >= 4 is 39.1 Å². The molecule has 1 aromatic rings. The number of amides is 1. The van der Waals surface area contributed by atoms with Crippen LogP contribution in [0.15, 0.2) is 15.9 Å². The van der Waals surface area contributed by atoms with Gasteiger partial charge in [-0.25, -0.2) is 0 Å². The lowest BCUT2D eigenvalue weighted by Crippen LogP contribution is -2.43. The van der Waals surface area contributed by atoms with Crippen LogP contribution in [-0.2, 0) is 9.59 Å². The van der Waals surface area contributed by atoms with Gasteiger partial charge in [0.1, 0.15) is 6.54 Å². The average Bonchev–Trinajstić information content (AvgIpc) is 2.79. The van der Waals surface area contributed by atoms with E-state index in [2.05, 4.69) is 15.9 Å². The van der Waals surface area contributed by atoms with Crippen LogP contribution >= 0.6 is 27.3 Å². The number of aliphatic carboxylic acids is 1. The Morgan fingerprint density at radius 3 is 2.47 bits per heavy atom. The number of carboxylic acids is 1. The van der Waals surface area contributed by atoms with Crippen LogP contribution in [0.2, 0.25) is 0 Å². The Morgan fingerprint density at radius 2 is 2.05 bits per heavy atom. The Morgan fingerprint density at radius 1 is 1.42 bits per heavy atom. The number of carbonyl (C=O) groups excluding carboxylic acids is 1. The molecule has 19 heavy (non-hydrogen) atoms. The van der Waals surface area contributed by atoms with Gasteiger partial charge in [0.05, 0.1) is 9.70 Å². The molecule has 0 fully saturated rings. The maximum atomic E-state index is 12.4. The summed E-state index contributed by atoms with van der Waals surface area (Å²) in [6.07, 6.45) is 0.736. The van der Waals surface area contributed by atoms with Crippen molar-refractivity contribution in [1.29, 1.82) is 0 Å². The van der Waals surface area contributed by atoms with E-state index in [1.807, 2.05) is 32.9 Å². The van der Waals surface area contributed by atoms with Gasteiger partial charge >= 0.3 is 5.97 Å². The average molecular weight is 348 g/mol. The standard InChI is InChI=1S/C13H18BrNO3S/c1-4-8(2)15(7-12(16)17)13(18)9(3)10-5-6-11(14)19-10/h5-6,8-9H,4,7H2,1-3H3,(H,16,17). The predicted octanol–water partition coefficient (Wildman–Crippen LogP) is 3.33. The molecule has 1 aromatic heterocycles. The van der Waals surface area contributed by atoms with Crippen LogP contribution in [0.1, 0.15) is 38.0 Å². The third-order valence-electron chi connectivity index (χ3n) is 3.10. The van der Waals surface area contributed by atoms with Gasteiger partial charge < -0.3 is 10.0 Å². The third kappa shape index (κ3) is 4.31. The van der Waals surface area contributed by atoms with Crippen molar-refractivity contribution in [2.24, 2.45) is 0 Å². The molecule has 0 spiro atoms. The molecule has 1 amide bonds. The lowest BCUT2D eigenvalue weighted by atomic mass is 10.1. The number of nitrogens with zero attached hydrogens (tertiary/aromatic N) is 1. The molecule has 0 saturated heterocycles. The zero-order chi connectivity index (χ0) is 14.6. The van der Waals surface area contributed by atoms with Crippen molar-refractivity contribution in [3.05, 3.63) is 20.8 Å². The molecule has 0 aliphatic rings. The third-order valence-corrected chi connectivity index (χ3v) is 4.91. The summed E-state index contributed by atoms with van der Waals surface area (Å²) in [6.45, 7) is 5.39. The molecule has 0 aliphatic heterocycles. The molecule has 0 aromatic carbocycles. The van der Waals surface area contributed by atoms with E-state index < -0.39 is 5.97 Å². The smallest absolute Gasteiger partial charge is 0.323 e. The van der Waals surface area contributed by atoms with E-state index in [1.54, 1.807) is 0 Å². The number of halogens is 1. The first kappa shape index (κ1) is 16.2. The molecule has 6 heteroatoms. The van der Waals surface area contributed by atoms with E-state index in [-0.39, 0.29) is 24.4 Å². The van der Waals surface area contributed by atoms with Gasteiger partial charge in [0.25, 0.3) is 0 Å². The second kappa shape index (κ2) is 7.05. The van der Waals surface area contributed by atoms with Crippen LogP contribution in [0.3, 0.4) is 0 Å². The van der Waals surface area contributed by atoms with E-state index >= 15 is 0 Å². The molecule has 106 valence electrons. The van der Waals surface area contributed by atoms with Crippen molar-refractivity contribution in [3.8, 4) is 0 Å². The molecule has 0 radical (unpaired) electrons. The summed E-state index contributed by atoms with van der Waals surface area (Å²) in [6, 6.07) is 3.72. The topological polar surface area (TPSA) is 57.6 Å². The normalized spacial score (nSPS) is 13.9. The lowest BCUT2D eigenvalue weighted by molar-refractivity contribution is -0.146. The molecular formula is C13H18BrNO3S. The van der Waals surface area contributed by atoms with Crippen molar-refractivity contribution in [3.63, 3.8) is 0 Å². The number of carbonyl (C=O) groups is 2. The lowest BCUT2D eigenvalue weighted by Gasteiger charge is -2.29. The van der Waals surface area contributed by atoms with E-state index in [0.29, 0.717) is 0 Å². The quantitative estimate of drug-likeness (QED) is 0.858. The van der Waals surface area contributed by atoms with E-state index in [0.717, 1.165) is 15.1 Å². The minimum absolute atomic E-state index is 0.0746. The van der Waals surface area contributed by atoms with Gasteiger partial charge in [-0.1, -0.05) is 6.92 Å². The molecule has 2 unspecified atom stereocenters. The fourth-order valence-electron chi connectivity index (χ4n) is 1.75. The maximum Gasteiger partial charge on any atom is 0.323 e. The van der Waals surface area contributed by atoms with Crippen LogP contribution in [0.4, 0.5) is 0 Å². The van der Waals surface area contributed by atoms with E-state index in [9.17, 15) is 9.59 Å². The number of carboxylic acid groups (broad SMARTS) is 1. The van der Waals surface area contributed by atoms with Crippen LogP contribution in [-0.4, -0.2) is 34.5 Å². The van der Waals surface area contributed by atoms with Crippen LogP contribution < -0.4 is 0 Å². The first-order valence-electron chi connectivity index (χ1n) is 6.14. The fourth-order valence-corrected chi connectivity index (χ4v) is 3.22. The highest BCUT2D eigenvalue weighted by Gasteiger charge is 2.27. The summed E-state index contributed by atoms with van der Waals surface area (Å²) in [5, 5.41) is 8.93. The minimum Gasteiger partial charge on any atom is -0.480 e. The highest BCUT2D eigenvalue weighted by atomic mass is 79.9. The Bertz CT molecular complexity index is 460. The van der Waals surface area contributed by atoms with Gasteiger partial charge in [0.15, 0.2) is 0 Å². The number of hydrogen-bond donors (Lipinski definition) is 1. The molecule has 2 atom stereocenters. The molecule has 0 aliphatic carbocycles. The maximum absolute atomic E-state index is 12.4. The Kier molecular flexibility index (Phi) is 6.00. The van der Waals surface area contributed by atoms with Crippen molar-refractivity contribution in [1.82, 2.24) is 4.90 Å². The van der Waals surface area contributed by atoms with Crippen molar-refractivity contribution in [2.75, 3.05) is 6.54 Å². The molecule has 1 rings (SSSR count). The molecule has 0 saturated carbocycles. The first-order valence-corrected chi connectivity index (χ1v) is 7.75. The number of rotatable bonds is 6. The van der Waals surface area contributed by atoms with Gasteiger partial charge in [-0.15, -0.1) is 11.3 Å². The summed E-state index contributed by atoms with van der Waals surface area (Å²) in [5.41, 5.74) is 0. The molecule has 0 bridgehead atoms. The largest absolute Gasteiger partial charge is 0.480 e. The van der Waals surface area contributed by atoms with Gasteiger partial charge in [-0.05, 0) is 48.3 Å². The summed E-state index contributed by atoms with van der Waals surface area (Å²) in [7, 11) is 0. The zero-order valence-corrected chi connectivity index (χ0v) is 13.6. The first-order chi connectivity index (χ1) is 8.86. The summed E-state index contributed by atoms with van der Waals surface area (Å²) < 4.78 is 0.968. The minimum atomic E-state index is -0.979. The Balaban J connectivity index is 2.89. The van der Waals surface area contributed by atoms with E-state index in [4.69, 9.17) is 5.11 Å². The zero-order valence-electron chi connectivity index (χ0n) is 11.2. The summed E-state index contributed by atoms with van der Waals surface area (Å²) in [4.78, 5) is 25.7. The van der Waals surface area contributed by atoms with Crippen LogP contribution in [0, 0.1) is 0 Å². The van der Waals surface area contributed by atoms with Gasteiger partial charge in [-0.2, -0.15) is 0 Å². The van der Waals surface area contributed by atoms with Crippen molar-refractivity contribution < 1.29 is 14.7 Å². The Hall–Kier alpha value is -0.880. The highest BCUT2D eigenvalue weighted by Crippen LogP contribution is 2.30. The van der Waals surface area contributed by atoms with Gasteiger partial charge in [0.2, 0.25) is 5.91 Å². The SMILES string of the molecule is CCC(C)N(CC(=O)O)C(=O)C(C)c1ccc(Br)s1. The van der Waals surface area contributed by atoms with Gasteiger partial charge in [0, 0.05) is 10.9 Å². The van der Waals surface area contributed by atoms with E-state index in [1.165, 1.54) is 16.2 Å². The van der Waals surface area contributed by atoms with Gasteiger partial charge in [-0.3, -0.25) is 9.59 Å². The Labute approximate surface area is 125 Å². The fraction of sp³-hybridized carbons (Fsp3) is 0.538. The number of hydrogen-bond acceptors (Lipinski definition) is 3. The second-order valence-corrected chi connectivity index (χ2v) is 6.98. The number of thiophene rings is 1. The molecule has 1 N–H and O–H groups in total. The van der Waals surface area contributed by atoms with Crippen LogP contribution in [0.5, 0.6) is 0 Å². The molecule has 4 nitrogen and oxygen atoms in total. The molecule has 1 heterocycles. The van der Waals surface area contributed by atoms with Crippen molar-refractivity contribution in [2.45, 2.75) is 39.2 Å². The highest BCUT2D eigenvalue weighted by molar-refractivity contribution is 9.11. The summed E-state index contributed by atoms with van der Waals surface area (Å²) >= 11 is 4.87. The molecular weight excluding hydrogens is 330 g/mol.